The Morgan fingerprint density at radius 1 is 1.30 bits per heavy atom. The summed E-state index contributed by atoms with van der Waals surface area (Å²) in [6.07, 6.45) is 2.93. The van der Waals surface area contributed by atoms with Gasteiger partial charge in [0.1, 0.15) is 12.3 Å². The van der Waals surface area contributed by atoms with Crippen LogP contribution in [0.1, 0.15) is 21.7 Å². The van der Waals surface area contributed by atoms with Gasteiger partial charge in [-0.1, -0.05) is 11.6 Å². The van der Waals surface area contributed by atoms with Gasteiger partial charge in [0, 0.05) is 30.9 Å². The van der Waals surface area contributed by atoms with Crippen molar-refractivity contribution in [3.63, 3.8) is 0 Å². The normalized spacial score (nSPS) is 11.2. The first kappa shape index (κ1) is 17.2. The Hall–Kier alpha value is -3.26. The molecule has 0 atom stereocenters. The highest BCUT2D eigenvalue weighted by Crippen LogP contribution is 2.17. The van der Waals surface area contributed by atoms with E-state index in [0.717, 1.165) is 11.1 Å². The monoisotopic (exact) mass is 383 g/mol. The van der Waals surface area contributed by atoms with E-state index < -0.39 is 5.97 Å². The lowest BCUT2D eigenvalue weighted by molar-refractivity contribution is 0.0467. The fourth-order valence-electron chi connectivity index (χ4n) is 2.84. The topological polar surface area (TPSA) is 91.4 Å². The van der Waals surface area contributed by atoms with Crippen molar-refractivity contribution in [1.82, 2.24) is 24.1 Å². The number of pyridine rings is 2. The van der Waals surface area contributed by atoms with Crippen LogP contribution in [0.5, 0.6) is 0 Å². The van der Waals surface area contributed by atoms with Crippen LogP contribution in [0.25, 0.3) is 16.7 Å². The van der Waals surface area contributed by atoms with Crippen molar-refractivity contribution in [1.29, 1.82) is 0 Å². The largest absolute Gasteiger partial charge is 0.456 e. The molecular formula is C18H14ClN5O3. The van der Waals surface area contributed by atoms with Gasteiger partial charge in [-0.3, -0.25) is 13.9 Å². The van der Waals surface area contributed by atoms with Gasteiger partial charge >= 0.3 is 5.97 Å². The highest BCUT2D eigenvalue weighted by molar-refractivity contribution is 6.30. The van der Waals surface area contributed by atoms with Crippen molar-refractivity contribution in [2.75, 3.05) is 0 Å². The quantitative estimate of drug-likeness (QED) is 0.504. The third kappa shape index (κ3) is 3.15. The number of ether oxygens (including phenoxy) is 1. The molecule has 0 N–H and O–H groups in total. The highest BCUT2D eigenvalue weighted by Gasteiger charge is 2.14. The summed E-state index contributed by atoms with van der Waals surface area (Å²) >= 11 is 5.89. The minimum Gasteiger partial charge on any atom is -0.456 e. The van der Waals surface area contributed by atoms with Crippen molar-refractivity contribution in [3.8, 4) is 0 Å². The van der Waals surface area contributed by atoms with Crippen LogP contribution in [-0.2, 0) is 18.4 Å². The molecule has 4 aromatic rings. The summed E-state index contributed by atoms with van der Waals surface area (Å²) in [6.45, 7) is 1.72. The zero-order chi connectivity index (χ0) is 19.1. The summed E-state index contributed by atoms with van der Waals surface area (Å²) in [5.74, 6) is -0.550. The van der Waals surface area contributed by atoms with E-state index >= 15 is 0 Å². The van der Waals surface area contributed by atoms with E-state index in [1.54, 1.807) is 29.9 Å². The summed E-state index contributed by atoms with van der Waals surface area (Å²) in [6, 6.07) is 6.26. The number of aryl methyl sites for hydroxylation is 2. The smallest absolute Gasteiger partial charge is 0.340 e. The van der Waals surface area contributed by atoms with Crippen LogP contribution < -0.4 is 5.56 Å². The number of halogens is 1. The molecule has 0 saturated heterocycles. The molecular weight excluding hydrogens is 370 g/mol. The maximum atomic E-state index is 12.4. The third-order valence-electron chi connectivity index (χ3n) is 4.13. The molecule has 0 radical (unpaired) electrons. The van der Waals surface area contributed by atoms with Crippen molar-refractivity contribution in [2.24, 2.45) is 7.05 Å². The van der Waals surface area contributed by atoms with Gasteiger partial charge in [0.25, 0.3) is 5.56 Å². The van der Waals surface area contributed by atoms with Crippen molar-refractivity contribution in [2.45, 2.75) is 13.5 Å². The van der Waals surface area contributed by atoms with E-state index in [4.69, 9.17) is 16.3 Å². The van der Waals surface area contributed by atoms with Crippen LogP contribution in [0.3, 0.4) is 0 Å². The van der Waals surface area contributed by atoms with E-state index in [-0.39, 0.29) is 12.2 Å². The van der Waals surface area contributed by atoms with E-state index in [9.17, 15) is 9.59 Å². The molecule has 9 heteroatoms. The van der Waals surface area contributed by atoms with Gasteiger partial charge < -0.3 is 4.74 Å². The van der Waals surface area contributed by atoms with Gasteiger partial charge in [0.2, 0.25) is 0 Å². The number of carbonyl (C=O) groups is 1. The van der Waals surface area contributed by atoms with Crippen LogP contribution >= 0.6 is 11.6 Å². The number of esters is 1. The van der Waals surface area contributed by atoms with Crippen LogP contribution in [0.4, 0.5) is 0 Å². The van der Waals surface area contributed by atoms with Crippen molar-refractivity contribution >= 4 is 34.3 Å². The fourth-order valence-corrected chi connectivity index (χ4v) is 3.00. The molecule has 8 nitrogen and oxygen atoms in total. The molecule has 0 spiro atoms. The first-order valence-corrected chi connectivity index (χ1v) is 8.44. The number of carbonyl (C=O) groups excluding carboxylic acids is 1. The van der Waals surface area contributed by atoms with Gasteiger partial charge in [0.15, 0.2) is 5.65 Å². The van der Waals surface area contributed by atoms with Gasteiger partial charge in [-0.05, 0) is 25.1 Å². The first-order chi connectivity index (χ1) is 12.9. The Morgan fingerprint density at radius 2 is 2.11 bits per heavy atom. The lowest BCUT2D eigenvalue weighted by atomic mass is 10.2. The van der Waals surface area contributed by atoms with Gasteiger partial charge in [-0.2, -0.15) is 5.10 Å². The SMILES string of the molecule is Cc1nn(C)c2ncc(C(=O)OCc3cc(=O)n4cc(Cl)ccc4n3)cc12. The standard InChI is InChI=1S/C18H14ClN5O3/c1-10-14-5-11(7-20-17(14)23(2)22-10)18(26)27-9-13-6-16(25)24-8-12(19)3-4-15(24)21-13/h3-8H,9H2,1-2H3. The molecule has 0 aliphatic heterocycles. The Labute approximate surface area is 158 Å². The van der Waals surface area contributed by atoms with E-state index in [1.165, 1.54) is 22.9 Å². The van der Waals surface area contributed by atoms with Gasteiger partial charge in [-0.25, -0.2) is 14.8 Å². The molecule has 0 aliphatic carbocycles. The number of rotatable bonds is 3. The van der Waals surface area contributed by atoms with Gasteiger partial charge in [-0.15, -0.1) is 0 Å². The molecule has 0 saturated carbocycles. The predicted molar refractivity (Wildman–Crippen MR) is 98.8 cm³/mol. The molecule has 4 rings (SSSR count). The number of fused-ring (bicyclic) bond motifs is 2. The minimum atomic E-state index is -0.550. The molecule has 136 valence electrons. The average Bonchev–Trinajstić information content (AvgIpc) is 2.94. The molecule has 0 bridgehead atoms. The Balaban J connectivity index is 1.57. The minimum absolute atomic E-state index is 0.128. The third-order valence-corrected chi connectivity index (χ3v) is 4.35. The summed E-state index contributed by atoms with van der Waals surface area (Å²) in [4.78, 5) is 33.1. The van der Waals surface area contributed by atoms with E-state index in [0.29, 0.717) is 27.6 Å². The molecule has 0 aromatic carbocycles. The van der Waals surface area contributed by atoms with Crippen LogP contribution in [-0.4, -0.2) is 30.1 Å². The zero-order valence-electron chi connectivity index (χ0n) is 14.5. The molecule has 0 amide bonds. The van der Waals surface area contributed by atoms with E-state index in [2.05, 4.69) is 15.1 Å². The number of aromatic nitrogens is 5. The predicted octanol–water partition coefficient (Wildman–Crippen LogP) is 2.30. The Morgan fingerprint density at radius 3 is 2.93 bits per heavy atom. The molecule has 0 unspecified atom stereocenters. The summed E-state index contributed by atoms with van der Waals surface area (Å²) in [7, 11) is 1.79. The molecule has 4 aromatic heterocycles. The molecule has 27 heavy (non-hydrogen) atoms. The van der Waals surface area contributed by atoms with Gasteiger partial charge in [0.05, 0.1) is 22.0 Å². The second-order valence-electron chi connectivity index (χ2n) is 6.04. The average molecular weight is 384 g/mol. The second-order valence-corrected chi connectivity index (χ2v) is 6.48. The van der Waals surface area contributed by atoms with Crippen LogP contribution in [0, 0.1) is 6.92 Å². The Kier molecular flexibility index (Phi) is 4.12. The molecule has 4 heterocycles. The number of hydrogen-bond acceptors (Lipinski definition) is 6. The maximum absolute atomic E-state index is 12.4. The summed E-state index contributed by atoms with van der Waals surface area (Å²) < 4.78 is 8.28. The van der Waals surface area contributed by atoms with Crippen molar-refractivity contribution < 1.29 is 9.53 Å². The Bertz CT molecular complexity index is 1260. The number of nitrogens with zero attached hydrogens (tertiary/aromatic N) is 5. The summed E-state index contributed by atoms with van der Waals surface area (Å²) in [5.41, 5.74) is 2.24. The summed E-state index contributed by atoms with van der Waals surface area (Å²) in [5, 5.41) is 5.49. The van der Waals surface area contributed by atoms with Crippen molar-refractivity contribution in [3.05, 3.63) is 69.0 Å². The second kappa shape index (κ2) is 6.48. The van der Waals surface area contributed by atoms with E-state index in [1.807, 2.05) is 6.92 Å². The fraction of sp³-hybridized carbons (Fsp3) is 0.167. The zero-order valence-corrected chi connectivity index (χ0v) is 15.3. The lowest BCUT2D eigenvalue weighted by Gasteiger charge is -2.06. The van der Waals surface area contributed by atoms with Crippen LogP contribution in [0.2, 0.25) is 5.02 Å². The molecule has 0 aliphatic rings. The maximum Gasteiger partial charge on any atom is 0.340 e. The first-order valence-electron chi connectivity index (χ1n) is 8.07. The highest BCUT2D eigenvalue weighted by atomic mass is 35.5. The molecule has 0 fully saturated rings. The lowest BCUT2D eigenvalue weighted by Crippen LogP contribution is -2.16. The number of hydrogen-bond donors (Lipinski definition) is 0. The van der Waals surface area contributed by atoms with Crippen LogP contribution in [0.15, 0.2) is 41.5 Å².